The molecule has 226 valence electrons. The van der Waals surface area contributed by atoms with Gasteiger partial charge in [-0.1, -0.05) is 29.8 Å². The highest BCUT2D eigenvalue weighted by molar-refractivity contribution is 7.92. The van der Waals surface area contributed by atoms with E-state index in [1.807, 2.05) is 31.2 Å². The molecule has 0 aliphatic rings. The molecule has 1 atom stereocenters. The van der Waals surface area contributed by atoms with Crippen LogP contribution in [-0.4, -0.2) is 73.2 Å². The maximum Gasteiger partial charge on any atom is 0.265 e. The van der Waals surface area contributed by atoms with E-state index in [4.69, 9.17) is 18.9 Å². The quantitative estimate of drug-likeness (QED) is 0.317. The average Bonchev–Trinajstić information content (AvgIpc) is 3.00. The van der Waals surface area contributed by atoms with Crippen molar-refractivity contribution >= 4 is 27.5 Å². The standard InChI is InChI=1S/C30H37N3O8S/c1-20-9-8-10-22(15-20)18-32(21(2)30(35)31-3)29(34)19-33(25-16-23(38-4)11-13-26(25)39-5)42(36,37)24-12-14-27(40-6)28(17-24)41-7/h8-17,21H,18-19H2,1-7H3,(H,31,35)/t21-/m0/s1. The molecule has 3 aromatic carbocycles. The number of amides is 2. The van der Waals surface area contributed by atoms with Gasteiger partial charge in [0.25, 0.3) is 10.0 Å². The number of methoxy groups -OCH3 is 4. The van der Waals surface area contributed by atoms with Crippen LogP contribution in [0, 0.1) is 6.92 Å². The van der Waals surface area contributed by atoms with Crippen LogP contribution in [0.15, 0.2) is 65.6 Å². The molecule has 0 saturated carbocycles. The van der Waals surface area contributed by atoms with Crippen molar-refractivity contribution in [1.82, 2.24) is 10.2 Å². The summed E-state index contributed by atoms with van der Waals surface area (Å²) in [6, 6.07) is 15.4. The number of hydrogen-bond acceptors (Lipinski definition) is 8. The molecule has 3 aromatic rings. The van der Waals surface area contributed by atoms with Gasteiger partial charge in [0.05, 0.1) is 39.0 Å². The molecule has 0 saturated heterocycles. The Morgan fingerprint density at radius 1 is 0.857 bits per heavy atom. The number of carbonyl (C=O) groups is 2. The van der Waals surface area contributed by atoms with Gasteiger partial charge in [-0.25, -0.2) is 8.42 Å². The summed E-state index contributed by atoms with van der Waals surface area (Å²) in [5.74, 6) is 0.0580. The molecule has 0 heterocycles. The second kappa shape index (κ2) is 13.9. The number of likely N-dealkylation sites (N-methyl/N-ethyl adjacent to an activating group) is 1. The number of ether oxygens (including phenoxy) is 4. The van der Waals surface area contributed by atoms with Crippen molar-refractivity contribution < 1.29 is 37.0 Å². The molecule has 3 rings (SSSR count). The van der Waals surface area contributed by atoms with Crippen LogP contribution >= 0.6 is 0 Å². The van der Waals surface area contributed by atoms with E-state index in [9.17, 15) is 18.0 Å². The van der Waals surface area contributed by atoms with Crippen LogP contribution in [0.5, 0.6) is 23.0 Å². The lowest BCUT2D eigenvalue weighted by molar-refractivity contribution is -0.139. The molecule has 0 unspecified atom stereocenters. The number of rotatable bonds is 13. The van der Waals surface area contributed by atoms with Crippen LogP contribution in [0.25, 0.3) is 0 Å². The summed E-state index contributed by atoms with van der Waals surface area (Å²) in [6.45, 7) is 2.94. The monoisotopic (exact) mass is 599 g/mol. The molecule has 1 N–H and O–H groups in total. The lowest BCUT2D eigenvalue weighted by Crippen LogP contribution is -2.50. The topological polar surface area (TPSA) is 124 Å². The Hall–Kier alpha value is -4.45. The number of hydrogen-bond donors (Lipinski definition) is 1. The van der Waals surface area contributed by atoms with Crippen LogP contribution in [0.3, 0.4) is 0 Å². The van der Waals surface area contributed by atoms with Gasteiger partial charge in [0, 0.05) is 25.7 Å². The second-order valence-corrected chi connectivity index (χ2v) is 11.2. The van der Waals surface area contributed by atoms with E-state index in [1.165, 1.54) is 64.7 Å². The minimum Gasteiger partial charge on any atom is -0.497 e. The van der Waals surface area contributed by atoms with Gasteiger partial charge in [0.2, 0.25) is 11.8 Å². The Morgan fingerprint density at radius 3 is 2.12 bits per heavy atom. The summed E-state index contributed by atoms with van der Waals surface area (Å²) < 4.78 is 50.9. The normalized spacial score (nSPS) is 11.7. The van der Waals surface area contributed by atoms with Gasteiger partial charge in [-0.2, -0.15) is 0 Å². The number of benzene rings is 3. The van der Waals surface area contributed by atoms with Gasteiger partial charge in [-0.05, 0) is 43.7 Å². The zero-order valence-electron chi connectivity index (χ0n) is 24.8. The average molecular weight is 600 g/mol. The van der Waals surface area contributed by atoms with Crippen LogP contribution in [0.2, 0.25) is 0 Å². The van der Waals surface area contributed by atoms with E-state index in [0.29, 0.717) is 11.5 Å². The Kier molecular flexibility index (Phi) is 10.6. The Morgan fingerprint density at radius 2 is 1.52 bits per heavy atom. The highest BCUT2D eigenvalue weighted by Gasteiger charge is 2.34. The van der Waals surface area contributed by atoms with E-state index in [2.05, 4.69) is 5.32 Å². The number of nitrogens with one attached hydrogen (secondary N) is 1. The highest BCUT2D eigenvalue weighted by atomic mass is 32.2. The van der Waals surface area contributed by atoms with E-state index in [0.717, 1.165) is 15.4 Å². The summed E-state index contributed by atoms with van der Waals surface area (Å²) >= 11 is 0. The molecule has 0 bridgehead atoms. The van der Waals surface area contributed by atoms with Crippen molar-refractivity contribution in [3.63, 3.8) is 0 Å². The minimum atomic E-state index is -4.41. The zero-order valence-corrected chi connectivity index (χ0v) is 25.7. The van der Waals surface area contributed by atoms with Crippen LogP contribution in [-0.2, 0) is 26.2 Å². The molecule has 0 spiro atoms. The maximum absolute atomic E-state index is 14.3. The third-order valence-electron chi connectivity index (χ3n) is 6.73. The minimum absolute atomic E-state index is 0.0723. The summed E-state index contributed by atoms with van der Waals surface area (Å²) in [6.07, 6.45) is 0. The van der Waals surface area contributed by atoms with Gasteiger partial charge in [-0.3, -0.25) is 13.9 Å². The SMILES string of the molecule is CNC(=O)[C@H](C)N(Cc1cccc(C)c1)C(=O)CN(c1cc(OC)ccc1OC)S(=O)(=O)c1ccc(OC)c(OC)c1. The Bertz CT molecular complexity index is 1530. The first-order valence-electron chi connectivity index (χ1n) is 13.0. The lowest BCUT2D eigenvalue weighted by Gasteiger charge is -2.32. The van der Waals surface area contributed by atoms with Crippen molar-refractivity contribution in [2.45, 2.75) is 31.3 Å². The molecular weight excluding hydrogens is 562 g/mol. The van der Waals surface area contributed by atoms with Crippen molar-refractivity contribution in [1.29, 1.82) is 0 Å². The summed E-state index contributed by atoms with van der Waals surface area (Å²) in [5.41, 5.74) is 1.83. The molecule has 0 fully saturated rings. The first-order valence-corrected chi connectivity index (χ1v) is 14.5. The van der Waals surface area contributed by atoms with Crippen molar-refractivity contribution in [2.24, 2.45) is 0 Å². The van der Waals surface area contributed by atoms with Gasteiger partial charge in [0.1, 0.15) is 24.1 Å². The van der Waals surface area contributed by atoms with Crippen LogP contribution in [0.4, 0.5) is 5.69 Å². The van der Waals surface area contributed by atoms with Gasteiger partial charge in [-0.15, -0.1) is 0 Å². The van der Waals surface area contributed by atoms with E-state index < -0.39 is 34.4 Å². The molecular formula is C30H37N3O8S. The van der Waals surface area contributed by atoms with E-state index in [-0.39, 0.29) is 28.6 Å². The van der Waals surface area contributed by atoms with Crippen LogP contribution in [0.1, 0.15) is 18.1 Å². The number of aryl methyl sites for hydroxylation is 1. The first-order chi connectivity index (χ1) is 20.0. The molecule has 0 aromatic heterocycles. The molecule has 42 heavy (non-hydrogen) atoms. The number of anilines is 1. The molecule has 2 amide bonds. The summed E-state index contributed by atoms with van der Waals surface area (Å²) in [7, 11) is 2.73. The van der Waals surface area contributed by atoms with Crippen molar-refractivity contribution in [3.05, 3.63) is 71.8 Å². The fourth-order valence-corrected chi connectivity index (χ4v) is 5.84. The highest BCUT2D eigenvalue weighted by Crippen LogP contribution is 2.37. The molecule has 0 radical (unpaired) electrons. The number of nitrogens with zero attached hydrogens (tertiary/aromatic N) is 2. The predicted octanol–water partition coefficient (Wildman–Crippen LogP) is 3.39. The zero-order chi connectivity index (χ0) is 31.0. The fourth-order valence-electron chi connectivity index (χ4n) is 4.41. The summed E-state index contributed by atoms with van der Waals surface area (Å²) in [4.78, 5) is 28.0. The molecule has 12 heteroatoms. The Labute approximate surface area is 247 Å². The predicted molar refractivity (Wildman–Crippen MR) is 159 cm³/mol. The third-order valence-corrected chi connectivity index (χ3v) is 8.48. The van der Waals surface area contributed by atoms with Gasteiger partial charge in [0.15, 0.2) is 11.5 Å². The molecule has 11 nitrogen and oxygen atoms in total. The third kappa shape index (κ3) is 7.06. The Balaban J connectivity index is 2.18. The largest absolute Gasteiger partial charge is 0.497 e. The summed E-state index contributed by atoms with van der Waals surface area (Å²) in [5, 5.41) is 2.57. The van der Waals surface area contributed by atoms with E-state index in [1.54, 1.807) is 19.1 Å². The maximum atomic E-state index is 14.3. The second-order valence-electron chi connectivity index (χ2n) is 9.37. The lowest BCUT2D eigenvalue weighted by atomic mass is 10.1. The van der Waals surface area contributed by atoms with Gasteiger partial charge >= 0.3 is 0 Å². The van der Waals surface area contributed by atoms with E-state index >= 15 is 0 Å². The van der Waals surface area contributed by atoms with Gasteiger partial charge < -0.3 is 29.2 Å². The fraction of sp³-hybridized carbons (Fsp3) is 0.333. The smallest absolute Gasteiger partial charge is 0.265 e. The number of sulfonamides is 1. The molecule has 0 aliphatic carbocycles. The van der Waals surface area contributed by atoms with Crippen molar-refractivity contribution in [2.75, 3.05) is 46.3 Å². The number of carbonyl (C=O) groups excluding carboxylic acids is 2. The van der Waals surface area contributed by atoms with Crippen LogP contribution < -0.4 is 28.6 Å². The molecule has 0 aliphatic heterocycles. The first kappa shape index (κ1) is 32.1. The van der Waals surface area contributed by atoms with Crippen molar-refractivity contribution in [3.8, 4) is 23.0 Å².